The van der Waals surface area contributed by atoms with Crippen LogP contribution in [-0.2, 0) is 22.6 Å². The van der Waals surface area contributed by atoms with Gasteiger partial charge in [0.05, 0.1) is 6.04 Å². The lowest BCUT2D eigenvalue weighted by Crippen LogP contribution is -2.62. The van der Waals surface area contributed by atoms with Gasteiger partial charge in [-0.25, -0.2) is 0 Å². The van der Waals surface area contributed by atoms with Crippen LogP contribution in [0.1, 0.15) is 29.5 Å². The average molecular weight is 481 g/mol. The third kappa shape index (κ3) is 5.04. The van der Waals surface area contributed by atoms with Crippen molar-refractivity contribution in [2.45, 2.75) is 37.9 Å². The Kier molecular flexibility index (Phi) is 7.14. The lowest BCUT2D eigenvalue weighted by molar-refractivity contribution is -0.145. The number of aromatic nitrogens is 1. The van der Waals surface area contributed by atoms with Gasteiger partial charge in [0.25, 0.3) is 0 Å². The first-order valence-electron chi connectivity index (χ1n) is 12.6. The molecule has 2 heterocycles. The normalized spacial score (nSPS) is 17.6. The number of fused-ring (bicyclic) bond motifs is 1. The second kappa shape index (κ2) is 10.8. The molecule has 0 bridgehead atoms. The topological polar surface area (TPSA) is 77.2 Å². The molecule has 4 aromatic rings. The fourth-order valence-corrected chi connectivity index (χ4v) is 5.18. The number of piperazine rings is 1. The Hall–Kier alpha value is -3.90. The molecule has 6 nitrogen and oxygen atoms in total. The predicted octanol–water partition coefficient (Wildman–Crippen LogP) is 4.00. The monoisotopic (exact) mass is 480 g/mol. The van der Waals surface area contributed by atoms with E-state index >= 15 is 0 Å². The van der Waals surface area contributed by atoms with Gasteiger partial charge in [-0.3, -0.25) is 9.59 Å². The van der Waals surface area contributed by atoms with E-state index in [9.17, 15) is 9.59 Å². The molecule has 0 spiro atoms. The first-order chi connectivity index (χ1) is 17.6. The SMILES string of the molecule is CC(c1ccccc1)C(C(=O)NCc1ccccc1)N1CCN[C@H](Cc2c[nH]c3ccccc23)C1=O. The van der Waals surface area contributed by atoms with Crippen molar-refractivity contribution in [3.8, 4) is 0 Å². The highest BCUT2D eigenvalue weighted by molar-refractivity contribution is 5.92. The minimum absolute atomic E-state index is 0.0332. The number of carbonyl (C=O) groups excluding carboxylic acids is 2. The molecule has 0 radical (unpaired) electrons. The van der Waals surface area contributed by atoms with Crippen molar-refractivity contribution in [3.05, 3.63) is 108 Å². The third-order valence-electron chi connectivity index (χ3n) is 7.14. The van der Waals surface area contributed by atoms with Crippen LogP contribution in [0.5, 0.6) is 0 Å². The van der Waals surface area contributed by atoms with Crippen LogP contribution in [0.15, 0.2) is 91.1 Å². The molecule has 3 atom stereocenters. The van der Waals surface area contributed by atoms with Gasteiger partial charge >= 0.3 is 0 Å². The molecule has 5 rings (SSSR count). The summed E-state index contributed by atoms with van der Waals surface area (Å²) in [5.41, 5.74) is 4.22. The molecule has 2 amide bonds. The van der Waals surface area contributed by atoms with Gasteiger partial charge in [-0.2, -0.15) is 0 Å². The van der Waals surface area contributed by atoms with E-state index in [-0.39, 0.29) is 23.8 Å². The fourth-order valence-electron chi connectivity index (χ4n) is 5.18. The van der Waals surface area contributed by atoms with Crippen LogP contribution in [0.25, 0.3) is 10.9 Å². The Balaban J connectivity index is 1.39. The number of hydrogen-bond acceptors (Lipinski definition) is 3. The lowest BCUT2D eigenvalue weighted by atomic mass is 9.90. The smallest absolute Gasteiger partial charge is 0.243 e. The maximum absolute atomic E-state index is 13.8. The van der Waals surface area contributed by atoms with Crippen molar-refractivity contribution in [2.75, 3.05) is 13.1 Å². The number of nitrogens with zero attached hydrogens (tertiary/aromatic N) is 1. The van der Waals surface area contributed by atoms with Crippen molar-refractivity contribution >= 4 is 22.7 Å². The van der Waals surface area contributed by atoms with Gasteiger partial charge in [-0.1, -0.05) is 85.8 Å². The summed E-state index contributed by atoms with van der Waals surface area (Å²) in [6, 6.07) is 27.0. The minimum atomic E-state index is -0.601. The Morgan fingerprint density at radius 1 is 1.00 bits per heavy atom. The second-order valence-electron chi connectivity index (χ2n) is 9.45. The summed E-state index contributed by atoms with van der Waals surface area (Å²) < 4.78 is 0. The van der Waals surface area contributed by atoms with E-state index < -0.39 is 6.04 Å². The molecular weight excluding hydrogens is 448 g/mol. The van der Waals surface area contributed by atoms with Gasteiger partial charge in [0.15, 0.2) is 0 Å². The molecule has 0 aliphatic carbocycles. The van der Waals surface area contributed by atoms with Crippen LogP contribution in [0.2, 0.25) is 0 Å². The van der Waals surface area contributed by atoms with Crippen LogP contribution in [-0.4, -0.2) is 46.9 Å². The van der Waals surface area contributed by atoms with Crippen LogP contribution < -0.4 is 10.6 Å². The van der Waals surface area contributed by atoms with Gasteiger partial charge in [0, 0.05) is 42.7 Å². The summed E-state index contributed by atoms with van der Waals surface area (Å²) in [4.78, 5) is 32.5. The maximum Gasteiger partial charge on any atom is 0.243 e. The molecule has 1 fully saturated rings. The van der Waals surface area contributed by atoms with Crippen molar-refractivity contribution in [1.82, 2.24) is 20.5 Å². The summed E-state index contributed by atoms with van der Waals surface area (Å²) in [5.74, 6) is -0.316. The minimum Gasteiger partial charge on any atom is -0.361 e. The number of hydrogen-bond donors (Lipinski definition) is 3. The Labute approximate surface area is 211 Å². The number of H-pyrrole nitrogens is 1. The molecule has 1 aliphatic heterocycles. The molecule has 1 aliphatic rings. The molecule has 1 saturated heterocycles. The molecule has 36 heavy (non-hydrogen) atoms. The second-order valence-corrected chi connectivity index (χ2v) is 9.45. The third-order valence-corrected chi connectivity index (χ3v) is 7.14. The van der Waals surface area contributed by atoms with Crippen molar-refractivity contribution < 1.29 is 9.59 Å². The van der Waals surface area contributed by atoms with E-state index in [4.69, 9.17) is 0 Å². The molecule has 3 aromatic carbocycles. The summed E-state index contributed by atoms with van der Waals surface area (Å²) in [6.07, 6.45) is 2.55. The Bertz CT molecular complexity index is 1320. The van der Waals surface area contributed by atoms with Crippen LogP contribution in [0.3, 0.4) is 0 Å². The molecule has 3 N–H and O–H groups in total. The number of benzene rings is 3. The molecule has 0 saturated carbocycles. The highest BCUT2D eigenvalue weighted by atomic mass is 16.2. The number of aromatic amines is 1. The fraction of sp³-hybridized carbons (Fsp3) is 0.267. The van der Waals surface area contributed by atoms with Gasteiger partial charge in [-0.05, 0) is 29.2 Å². The van der Waals surface area contributed by atoms with Crippen molar-refractivity contribution in [3.63, 3.8) is 0 Å². The zero-order chi connectivity index (χ0) is 24.9. The largest absolute Gasteiger partial charge is 0.361 e. The van der Waals surface area contributed by atoms with Crippen LogP contribution >= 0.6 is 0 Å². The highest BCUT2D eigenvalue weighted by Gasteiger charge is 2.39. The number of nitrogens with one attached hydrogen (secondary N) is 3. The van der Waals surface area contributed by atoms with Gasteiger partial charge < -0.3 is 20.5 Å². The van der Waals surface area contributed by atoms with Crippen molar-refractivity contribution in [2.24, 2.45) is 0 Å². The molecule has 184 valence electrons. The summed E-state index contributed by atoms with van der Waals surface area (Å²) >= 11 is 0. The molecule has 2 unspecified atom stereocenters. The maximum atomic E-state index is 13.8. The quantitative estimate of drug-likeness (QED) is 0.357. The first kappa shape index (κ1) is 23.8. The molecule has 1 aromatic heterocycles. The van der Waals surface area contributed by atoms with E-state index in [1.807, 2.05) is 92.0 Å². The molecular formula is C30H32N4O2. The van der Waals surface area contributed by atoms with E-state index in [2.05, 4.69) is 21.7 Å². The van der Waals surface area contributed by atoms with Gasteiger partial charge in [0.2, 0.25) is 11.8 Å². The Morgan fingerprint density at radius 2 is 1.69 bits per heavy atom. The van der Waals surface area contributed by atoms with E-state index in [1.165, 1.54) is 0 Å². The predicted molar refractivity (Wildman–Crippen MR) is 142 cm³/mol. The lowest BCUT2D eigenvalue weighted by Gasteiger charge is -2.40. The van der Waals surface area contributed by atoms with Crippen molar-refractivity contribution in [1.29, 1.82) is 0 Å². The Morgan fingerprint density at radius 3 is 2.47 bits per heavy atom. The number of carbonyl (C=O) groups is 2. The van der Waals surface area contributed by atoms with Gasteiger partial charge in [-0.15, -0.1) is 0 Å². The first-order valence-corrected chi connectivity index (χ1v) is 12.6. The molecule has 6 heteroatoms. The number of amides is 2. The zero-order valence-corrected chi connectivity index (χ0v) is 20.5. The average Bonchev–Trinajstić information content (AvgIpc) is 3.33. The van der Waals surface area contributed by atoms with Crippen LogP contribution in [0, 0.1) is 0 Å². The van der Waals surface area contributed by atoms with E-state index in [0.29, 0.717) is 26.1 Å². The number of rotatable bonds is 8. The highest BCUT2D eigenvalue weighted by Crippen LogP contribution is 2.26. The van der Waals surface area contributed by atoms with Gasteiger partial charge in [0.1, 0.15) is 6.04 Å². The van der Waals surface area contributed by atoms with Crippen LogP contribution in [0.4, 0.5) is 0 Å². The van der Waals surface area contributed by atoms with E-state index in [0.717, 1.165) is 27.6 Å². The zero-order valence-electron chi connectivity index (χ0n) is 20.5. The summed E-state index contributed by atoms with van der Waals surface area (Å²) in [5, 5.41) is 7.61. The standard InChI is InChI=1S/C30H32N4O2/c1-21(23-12-6-3-7-13-23)28(29(35)33-19-22-10-4-2-5-11-22)34-17-16-31-27(30(34)36)18-24-20-32-26-15-9-8-14-25(24)26/h2-15,20-21,27-28,31-32H,16-19H2,1H3,(H,33,35)/t21?,27-,28?/m1/s1. The summed E-state index contributed by atoms with van der Waals surface area (Å²) in [6.45, 7) is 3.59. The summed E-state index contributed by atoms with van der Waals surface area (Å²) in [7, 11) is 0. The van der Waals surface area contributed by atoms with E-state index in [1.54, 1.807) is 4.90 Å². The number of para-hydroxylation sites is 1.